The molecule has 5 nitrogen and oxygen atoms in total. The fraction of sp³-hybridized carbons (Fsp3) is 0.250. The van der Waals surface area contributed by atoms with Gasteiger partial charge in [0.2, 0.25) is 0 Å². The fourth-order valence-corrected chi connectivity index (χ4v) is 2.07. The van der Waals surface area contributed by atoms with Crippen molar-refractivity contribution in [3.8, 4) is 0 Å². The monoisotopic (exact) mass is 306 g/mol. The first-order valence-electron chi connectivity index (χ1n) is 3.98. The Labute approximate surface area is 93.2 Å². The molecule has 0 fully saturated rings. The minimum absolute atomic E-state index is 0.145. The first-order valence-corrected chi connectivity index (χ1v) is 5.06. The molecule has 0 bridgehead atoms. The minimum atomic E-state index is -0.932. The van der Waals surface area contributed by atoms with Gasteiger partial charge in [-0.1, -0.05) is 0 Å². The number of halogens is 1. The van der Waals surface area contributed by atoms with E-state index in [1.807, 2.05) is 0 Å². The van der Waals surface area contributed by atoms with Crippen LogP contribution in [0.2, 0.25) is 0 Å². The lowest BCUT2D eigenvalue weighted by atomic mass is 10.2. The highest BCUT2D eigenvalue weighted by atomic mass is 127. The maximum Gasteiger partial charge on any atom is 0.328 e. The van der Waals surface area contributed by atoms with E-state index in [-0.39, 0.29) is 12.5 Å². The number of fused-ring (bicyclic) bond motifs is 1. The van der Waals surface area contributed by atoms with Crippen LogP contribution in [-0.4, -0.2) is 28.1 Å². The molecule has 0 aliphatic carbocycles. The summed E-state index contributed by atoms with van der Waals surface area (Å²) in [6.45, 7) is 0.145. The van der Waals surface area contributed by atoms with Gasteiger partial charge in [0, 0.05) is 16.3 Å². The van der Waals surface area contributed by atoms with Crippen LogP contribution in [0.25, 0.3) is 0 Å². The Balaban J connectivity index is 2.51. The van der Waals surface area contributed by atoms with E-state index in [0.717, 1.165) is 3.57 Å². The molecule has 1 aliphatic rings. The van der Waals surface area contributed by atoms with Gasteiger partial charge in [-0.2, -0.15) is 0 Å². The summed E-state index contributed by atoms with van der Waals surface area (Å²) in [7, 11) is 0. The number of hydrogen-bond acceptors (Lipinski definition) is 2. The summed E-state index contributed by atoms with van der Waals surface area (Å²) in [6.07, 6.45) is 1.67. The molecule has 0 radical (unpaired) electrons. The van der Waals surface area contributed by atoms with Crippen molar-refractivity contribution < 1.29 is 14.7 Å². The van der Waals surface area contributed by atoms with Crippen LogP contribution < -0.4 is 5.32 Å². The highest BCUT2D eigenvalue weighted by Crippen LogP contribution is 2.20. The molecule has 1 aliphatic heterocycles. The topological polar surface area (TPSA) is 71.3 Å². The van der Waals surface area contributed by atoms with E-state index in [0.29, 0.717) is 5.69 Å². The van der Waals surface area contributed by atoms with Gasteiger partial charge >= 0.3 is 5.97 Å². The average molecular weight is 306 g/mol. The molecule has 2 rings (SSSR count). The van der Waals surface area contributed by atoms with Crippen molar-refractivity contribution in [2.24, 2.45) is 0 Å². The van der Waals surface area contributed by atoms with Crippen LogP contribution in [0.15, 0.2) is 12.3 Å². The summed E-state index contributed by atoms with van der Waals surface area (Å²) >= 11 is 2.05. The van der Waals surface area contributed by atoms with Gasteiger partial charge < -0.3 is 15.0 Å². The fourth-order valence-electron chi connectivity index (χ4n) is 1.47. The number of carboxylic acids is 1. The predicted molar refractivity (Wildman–Crippen MR) is 56.2 cm³/mol. The van der Waals surface area contributed by atoms with Gasteiger partial charge in [0.25, 0.3) is 5.91 Å². The third-order valence-corrected chi connectivity index (χ3v) is 2.71. The van der Waals surface area contributed by atoms with Crippen molar-refractivity contribution >= 4 is 34.5 Å². The molecule has 74 valence electrons. The lowest BCUT2D eigenvalue weighted by Crippen LogP contribution is -2.41. The Bertz CT molecular complexity index is 413. The molecular formula is C8H7IN2O3. The quantitative estimate of drug-likeness (QED) is 0.741. The summed E-state index contributed by atoms with van der Waals surface area (Å²) in [5.74, 6) is -1.15. The van der Waals surface area contributed by atoms with Crippen LogP contribution in [0.1, 0.15) is 16.5 Å². The molecule has 1 atom stereocenters. The van der Waals surface area contributed by atoms with Crippen molar-refractivity contribution in [3.05, 3.63) is 21.5 Å². The van der Waals surface area contributed by atoms with E-state index in [1.54, 1.807) is 12.3 Å². The molecule has 6 heteroatoms. The molecule has 0 saturated heterocycles. The summed E-state index contributed by atoms with van der Waals surface area (Å²) in [6, 6.07) is 0.983. The van der Waals surface area contributed by atoms with E-state index in [2.05, 4.69) is 27.9 Å². The first-order chi connectivity index (χ1) is 6.59. The van der Waals surface area contributed by atoms with Crippen molar-refractivity contribution in [2.45, 2.75) is 6.04 Å². The number of rotatable bonds is 1. The Morgan fingerprint density at radius 1 is 1.71 bits per heavy atom. The lowest BCUT2D eigenvalue weighted by molar-refractivity contribution is -0.140. The SMILES string of the molecule is O=C1NCC(C(=O)O)n2cc(I)cc21. The second-order valence-corrected chi connectivity index (χ2v) is 4.26. The Hall–Kier alpha value is -1.05. The zero-order chi connectivity index (χ0) is 10.3. The zero-order valence-corrected chi connectivity index (χ0v) is 9.19. The maximum absolute atomic E-state index is 11.3. The maximum atomic E-state index is 11.3. The molecule has 1 aromatic rings. The summed E-state index contributed by atoms with van der Waals surface area (Å²) < 4.78 is 2.36. The number of carboxylic acid groups (broad SMARTS) is 1. The standard InChI is InChI=1S/C8H7IN2O3/c9-4-1-5-7(12)10-2-6(8(13)14)11(5)3-4/h1,3,6H,2H2,(H,10,12)(H,13,14). The van der Waals surface area contributed by atoms with Gasteiger partial charge in [-0.05, 0) is 28.7 Å². The summed E-state index contributed by atoms with van der Waals surface area (Å²) in [5, 5.41) is 11.4. The van der Waals surface area contributed by atoms with Crippen LogP contribution in [0.4, 0.5) is 0 Å². The van der Waals surface area contributed by atoms with Gasteiger partial charge in [0.1, 0.15) is 11.7 Å². The van der Waals surface area contributed by atoms with E-state index in [1.165, 1.54) is 4.57 Å². The first kappa shape index (κ1) is 9.50. The van der Waals surface area contributed by atoms with E-state index >= 15 is 0 Å². The number of nitrogens with zero attached hydrogens (tertiary/aromatic N) is 1. The number of aromatic nitrogens is 1. The van der Waals surface area contributed by atoms with Crippen LogP contribution in [-0.2, 0) is 4.79 Å². The van der Waals surface area contributed by atoms with Gasteiger partial charge in [0.05, 0.1) is 0 Å². The molecule has 0 aromatic carbocycles. The number of carbonyl (C=O) groups is 2. The smallest absolute Gasteiger partial charge is 0.328 e. The molecule has 1 unspecified atom stereocenters. The van der Waals surface area contributed by atoms with Crippen LogP contribution >= 0.6 is 22.6 Å². The second kappa shape index (κ2) is 3.26. The Morgan fingerprint density at radius 2 is 2.43 bits per heavy atom. The molecule has 1 amide bonds. The molecule has 0 saturated carbocycles. The van der Waals surface area contributed by atoms with Crippen molar-refractivity contribution in [1.82, 2.24) is 9.88 Å². The number of carbonyl (C=O) groups excluding carboxylic acids is 1. The van der Waals surface area contributed by atoms with E-state index in [4.69, 9.17) is 5.11 Å². The van der Waals surface area contributed by atoms with Crippen molar-refractivity contribution in [3.63, 3.8) is 0 Å². The van der Waals surface area contributed by atoms with E-state index in [9.17, 15) is 9.59 Å². The largest absolute Gasteiger partial charge is 0.480 e. The lowest BCUT2D eigenvalue weighted by Gasteiger charge is -2.22. The average Bonchev–Trinajstić information content (AvgIpc) is 2.47. The second-order valence-electron chi connectivity index (χ2n) is 3.01. The molecule has 2 N–H and O–H groups in total. The number of hydrogen-bond donors (Lipinski definition) is 2. The molecule has 2 heterocycles. The summed E-state index contributed by atoms with van der Waals surface area (Å²) in [5.41, 5.74) is 0.410. The molecule has 0 spiro atoms. The highest BCUT2D eigenvalue weighted by molar-refractivity contribution is 14.1. The van der Waals surface area contributed by atoms with E-state index < -0.39 is 12.0 Å². The Kier molecular flexibility index (Phi) is 2.22. The summed E-state index contributed by atoms with van der Waals surface area (Å²) in [4.78, 5) is 22.2. The van der Waals surface area contributed by atoms with Gasteiger partial charge in [-0.25, -0.2) is 4.79 Å². The van der Waals surface area contributed by atoms with Crippen molar-refractivity contribution in [1.29, 1.82) is 0 Å². The molecular weight excluding hydrogens is 299 g/mol. The Morgan fingerprint density at radius 3 is 3.07 bits per heavy atom. The van der Waals surface area contributed by atoms with Crippen LogP contribution in [0.5, 0.6) is 0 Å². The highest BCUT2D eigenvalue weighted by Gasteiger charge is 2.29. The molecule has 14 heavy (non-hydrogen) atoms. The number of aliphatic carboxylic acids is 1. The van der Waals surface area contributed by atoms with Gasteiger partial charge in [-0.3, -0.25) is 4.79 Å². The van der Waals surface area contributed by atoms with Gasteiger partial charge in [-0.15, -0.1) is 0 Å². The van der Waals surface area contributed by atoms with Crippen LogP contribution in [0, 0.1) is 3.57 Å². The van der Waals surface area contributed by atoms with Crippen LogP contribution in [0.3, 0.4) is 0 Å². The zero-order valence-electron chi connectivity index (χ0n) is 7.03. The normalized spacial score (nSPS) is 20.1. The molecule has 1 aromatic heterocycles. The van der Waals surface area contributed by atoms with Crippen molar-refractivity contribution in [2.75, 3.05) is 6.54 Å². The minimum Gasteiger partial charge on any atom is -0.480 e. The number of amides is 1. The predicted octanol–water partition coefficient (Wildman–Crippen LogP) is 0.462. The van der Waals surface area contributed by atoms with Gasteiger partial charge in [0.15, 0.2) is 0 Å². The third kappa shape index (κ3) is 1.39. The number of nitrogens with one attached hydrogen (secondary N) is 1. The third-order valence-electron chi connectivity index (χ3n) is 2.12.